The zero-order valence-corrected chi connectivity index (χ0v) is 16.3. The number of halogens is 1. The number of nitrogen functional groups attached to an aromatic ring is 1. The van der Waals surface area contributed by atoms with Crippen molar-refractivity contribution in [2.45, 2.75) is 64.4 Å². The average Bonchev–Trinajstić information content (AvgIpc) is 3.04. The van der Waals surface area contributed by atoms with Crippen LogP contribution in [0.4, 0.5) is 10.2 Å². The largest absolute Gasteiger partial charge is 0.384 e. The summed E-state index contributed by atoms with van der Waals surface area (Å²) >= 11 is 0. The van der Waals surface area contributed by atoms with Gasteiger partial charge in [-0.3, -0.25) is 0 Å². The van der Waals surface area contributed by atoms with Gasteiger partial charge >= 0.3 is 0 Å². The number of rotatable bonds is 9. The Morgan fingerprint density at radius 1 is 1.15 bits per heavy atom. The van der Waals surface area contributed by atoms with Crippen LogP contribution in [-0.2, 0) is 17.6 Å². The molecule has 0 bridgehead atoms. The molecule has 0 aliphatic heterocycles. The molecule has 0 amide bonds. The summed E-state index contributed by atoms with van der Waals surface area (Å²) in [7, 11) is 0. The molecule has 2 aromatic rings. The summed E-state index contributed by atoms with van der Waals surface area (Å²) in [6.45, 7) is 2.88. The number of hydrogen-bond donors (Lipinski definition) is 1. The normalized spacial score (nSPS) is 19.5. The fourth-order valence-electron chi connectivity index (χ4n) is 4.13. The highest BCUT2D eigenvalue weighted by Gasteiger charge is 2.28. The van der Waals surface area contributed by atoms with Crippen LogP contribution in [0.15, 0.2) is 36.4 Å². The third kappa shape index (κ3) is 6.31. The monoisotopic (exact) mass is 370 g/mol. The van der Waals surface area contributed by atoms with E-state index < -0.39 is 0 Å². The molecule has 0 spiro atoms. The average molecular weight is 371 g/mol. The SMILES string of the molecule is Cc1cc(N)nc(CC2CCCC2OCCCCCc2cccc(F)c2)c1. The predicted molar refractivity (Wildman–Crippen MR) is 108 cm³/mol. The van der Waals surface area contributed by atoms with Gasteiger partial charge in [-0.2, -0.15) is 0 Å². The van der Waals surface area contributed by atoms with Crippen LogP contribution < -0.4 is 5.73 Å². The van der Waals surface area contributed by atoms with E-state index in [9.17, 15) is 4.39 Å². The van der Waals surface area contributed by atoms with E-state index in [1.165, 1.54) is 24.5 Å². The zero-order chi connectivity index (χ0) is 19.1. The zero-order valence-electron chi connectivity index (χ0n) is 16.3. The van der Waals surface area contributed by atoms with E-state index in [0.29, 0.717) is 17.8 Å². The molecule has 2 N–H and O–H groups in total. The number of aryl methyl sites for hydroxylation is 2. The van der Waals surface area contributed by atoms with E-state index in [-0.39, 0.29) is 5.82 Å². The predicted octanol–water partition coefficient (Wildman–Crippen LogP) is 5.25. The number of benzene rings is 1. The maximum atomic E-state index is 13.2. The van der Waals surface area contributed by atoms with Gasteiger partial charge in [-0.1, -0.05) is 25.0 Å². The molecule has 0 saturated heterocycles. The molecule has 1 fully saturated rings. The Morgan fingerprint density at radius 2 is 2.04 bits per heavy atom. The molecular weight excluding hydrogens is 339 g/mol. The quantitative estimate of drug-likeness (QED) is 0.613. The minimum atomic E-state index is -0.145. The molecule has 4 heteroatoms. The fourth-order valence-corrected chi connectivity index (χ4v) is 4.13. The van der Waals surface area contributed by atoms with Gasteiger partial charge in [0.1, 0.15) is 11.6 Å². The van der Waals surface area contributed by atoms with Crippen molar-refractivity contribution in [2.75, 3.05) is 12.3 Å². The van der Waals surface area contributed by atoms with E-state index in [0.717, 1.165) is 56.4 Å². The molecule has 146 valence electrons. The minimum absolute atomic E-state index is 0.145. The third-order valence-electron chi connectivity index (χ3n) is 5.43. The first-order valence-electron chi connectivity index (χ1n) is 10.2. The topological polar surface area (TPSA) is 48.1 Å². The van der Waals surface area contributed by atoms with Gasteiger partial charge in [-0.05, 0) is 86.8 Å². The standard InChI is InChI=1S/C23H31FN2O/c1-17-13-21(26-23(25)14-17)16-19-9-6-11-22(19)27-12-4-2-3-7-18-8-5-10-20(24)15-18/h5,8,10,13-15,19,22H,2-4,6-7,9,11-12,16H2,1H3,(H2,25,26). The highest BCUT2D eigenvalue weighted by Crippen LogP contribution is 2.31. The number of hydrogen-bond acceptors (Lipinski definition) is 3. The molecule has 1 aromatic heterocycles. The van der Waals surface area contributed by atoms with Crippen LogP contribution in [0.2, 0.25) is 0 Å². The lowest BCUT2D eigenvalue weighted by atomic mass is 9.98. The molecule has 1 aliphatic rings. The summed E-state index contributed by atoms with van der Waals surface area (Å²) in [5.74, 6) is 1.01. The van der Waals surface area contributed by atoms with Gasteiger partial charge in [0.15, 0.2) is 0 Å². The Bertz CT molecular complexity index is 714. The number of unbranched alkanes of at least 4 members (excludes halogenated alkanes) is 2. The molecule has 1 heterocycles. The lowest BCUT2D eigenvalue weighted by Crippen LogP contribution is -2.21. The third-order valence-corrected chi connectivity index (χ3v) is 5.43. The molecule has 3 nitrogen and oxygen atoms in total. The van der Waals surface area contributed by atoms with Crippen LogP contribution >= 0.6 is 0 Å². The Morgan fingerprint density at radius 3 is 2.85 bits per heavy atom. The van der Waals surface area contributed by atoms with E-state index in [1.807, 2.05) is 12.1 Å². The number of nitrogens with two attached hydrogens (primary N) is 1. The lowest BCUT2D eigenvalue weighted by Gasteiger charge is -2.20. The number of ether oxygens (including phenoxy) is 1. The summed E-state index contributed by atoms with van der Waals surface area (Å²) < 4.78 is 19.4. The van der Waals surface area contributed by atoms with Crippen molar-refractivity contribution in [1.29, 1.82) is 0 Å². The number of anilines is 1. The summed E-state index contributed by atoms with van der Waals surface area (Å²) in [5.41, 5.74) is 9.22. The van der Waals surface area contributed by atoms with Crippen molar-refractivity contribution >= 4 is 5.82 Å². The Hall–Kier alpha value is -1.94. The van der Waals surface area contributed by atoms with Crippen molar-refractivity contribution in [3.63, 3.8) is 0 Å². The highest BCUT2D eigenvalue weighted by atomic mass is 19.1. The van der Waals surface area contributed by atoms with E-state index in [4.69, 9.17) is 10.5 Å². The fraction of sp³-hybridized carbons (Fsp3) is 0.522. The summed E-state index contributed by atoms with van der Waals surface area (Å²) in [5, 5.41) is 0. The second-order valence-electron chi connectivity index (χ2n) is 7.81. The van der Waals surface area contributed by atoms with Crippen molar-refractivity contribution in [2.24, 2.45) is 5.92 Å². The molecule has 1 saturated carbocycles. The molecule has 2 atom stereocenters. The maximum Gasteiger partial charge on any atom is 0.123 e. The maximum absolute atomic E-state index is 13.2. The number of pyridine rings is 1. The first-order chi connectivity index (χ1) is 13.1. The van der Waals surface area contributed by atoms with Crippen molar-refractivity contribution in [3.8, 4) is 0 Å². The van der Waals surface area contributed by atoms with Crippen LogP contribution in [0, 0.1) is 18.7 Å². The van der Waals surface area contributed by atoms with Crippen molar-refractivity contribution in [1.82, 2.24) is 4.98 Å². The summed E-state index contributed by atoms with van der Waals surface area (Å²) in [6.07, 6.45) is 9.08. The number of nitrogens with zero attached hydrogens (tertiary/aromatic N) is 1. The molecule has 1 aromatic carbocycles. The minimum Gasteiger partial charge on any atom is -0.384 e. The van der Waals surface area contributed by atoms with Crippen molar-refractivity contribution in [3.05, 3.63) is 59.0 Å². The van der Waals surface area contributed by atoms with Crippen LogP contribution in [0.5, 0.6) is 0 Å². The molecule has 27 heavy (non-hydrogen) atoms. The van der Waals surface area contributed by atoms with Crippen molar-refractivity contribution < 1.29 is 9.13 Å². The Balaban J connectivity index is 1.36. The summed E-state index contributed by atoms with van der Waals surface area (Å²) in [4.78, 5) is 4.48. The second kappa shape index (κ2) is 9.84. The van der Waals surface area contributed by atoms with E-state index in [1.54, 1.807) is 12.1 Å². The first-order valence-corrected chi connectivity index (χ1v) is 10.2. The van der Waals surface area contributed by atoms with Gasteiger partial charge in [0.25, 0.3) is 0 Å². The van der Waals surface area contributed by atoms with E-state index in [2.05, 4.69) is 18.0 Å². The Labute approximate surface area is 162 Å². The Kier molecular flexibility index (Phi) is 7.22. The van der Waals surface area contributed by atoms with E-state index >= 15 is 0 Å². The smallest absolute Gasteiger partial charge is 0.123 e. The molecule has 0 radical (unpaired) electrons. The molecule has 2 unspecified atom stereocenters. The molecule has 1 aliphatic carbocycles. The van der Waals surface area contributed by atoms with Gasteiger partial charge in [-0.25, -0.2) is 9.37 Å². The molecular formula is C23H31FN2O. The van der Waals surface area contributed by atoms with Gasteiger partial charge in [0, 0.05) is 12.3 Å². The summed E-state index contributed by atoms with van der Waals surface area (Å²) in [6, 6.07) is 11.0. The highest BCUT2D eigenvalue weighted by molar-refractivity contribution is 5.34. The molecule has 3 rings (SSSR count). The van der Waals surface area contributed by atoms with Crippen LogP contribution in [-0.4, -0.2) is 17.7 Å². The lowest BCUT2D eigenvalue weighted by molar-refractivity contribution is 0.0254. The van der Waals surface area contributed by atoms with Gasteiger partial charge < -0.3 is 10.5 Å². The van der Waals surface area contributed by atoms with Gasteiger partial charge in [0.2, 0.25) is 0 Å². The van der Waals surface area contributed by atoms with Crippen LogP contribution in [0.25, 0.3) is 0 Å². The van der Waals surface area contributed by atoms with Crippen LogP contribution in [0.3, 0.4) is 0 Å². The van der Waals surface area contributed by atoms with Gasteiger partial charge in [-0.15, -0.1) is 0 Å². The first kappa shape index (κ1) is 19.8. The van der Waals surface area contributed by atoms with Gasteiger partial charge in [0.05, 0.1) is 6.10 Å². The number of aromatic nitrogens is 1. The van der Waals surface area contributed by atoms with Crippen LogP contribution in [0.1, 0.15) is 55.3 Å². The second-order valence-corrected chi connectivity index (χ2v) is 7.81.